The van der Waals surface area contributed by atoms with Gasteiger partial charge in [0.25, 0.3) is 11.5 Å². The van der Waals surface area contributed by atoms with Crippen LogP contribution >= 0.6 is 0 Å². The fraction of sp³-hybridized carbons (Fsp3) is 0.250. The van der Waals surface area contributed by atoms with Crippen LogP contribution in [0.4, 0.5) is 10.5 Å². The predicted octanol–water partition coefficient (Wildman–Crippen LogP) is 1.96. The molecule has 2 N–H and O–H groups in total. The second kappa shape index (κ2) is 8.19. The Labute approximate surface area is 170 Å². The van der Waals surface area contributed by atoms with Crippen LogP contribution in [-0.4, -0.2) is 34.1 Å². The van der Waals surface area contributed by atoms with E-state index in [1.807, 2.05) is 19.9 Å². The summed E-state index contributed by atoms with van der Waals surface area (Å²) in [7, 11) is 1.48. The summed E-state index contributed by atoms with van der Waals surface area (Å²) in [5, 5.41) is 4.56. The molecule has 0 aliphatic rings. The second-order valence-electron chi connectivity index (χ2n) is 6.75. The summed E-state index contributed by atoms with van der Waals surface area (Å²) >= 11 is 0. The molecule has 0 radical (unpaired) electrons. The molecule has 0 unspecified atom stereocenters. The van der Waals surface area contributed by atoms with Crippen LogP contribution in [0.1, 0.15) is 27.2 Å². The number of aromatic nitrogens is 2. The molecule has 3 rings (SSSR count). The van der Waals surface area contributed by atoms with Crippen LogP contribution in [0.15, 0.2) is 33.7 Å². The normalized spacial score (nSPS) is 10.7. The third kappa shape index (κ3) is 4.22. The Morgan fingerprint density at radius 2 is 1.90 bits per heavy atom. The molecule has 30 heavy (non-hydrogen) atoms. The molecule has 2 heterocycles. The highest BCUT2D eigenvalue weighted by Gasteiger charge is 2.24. The summed E-state index contributed by atoms with van der Waals surface area (Å²) in [6, 6.07) is 4.54. The number of esters is 1. The highest BCUT2D eigenvalue weighted by Crippen LogP contribution is 2.21. The number of nitrogens with one attached hydrogen (secondary N) is 2. The standard InChI is InChI=1S/C20H20N4O6/c1-10-5-6-13(7-11(10)2)22-20(28)23-14(25)8-29-19(27)15-12(3)30-17-16(15)18(26)24(4)9-21-17/h5-7,9H,8H2,1-4H3,(H2,22,23,25,28). The predicted molar refractivity (Wildman–Crippen MR) is 107 cm³/mol. The van der Waals surface area contributed by atoms with E-state index in [0.29, 0.717) is 5.69 Å². The third-order valence-corrected chi connectivity index (χ3v) is 4.50. The lowest BCUT2D eigenvalue weighted by atomic mass is 10.1. The molecule has 0 aliphatic carbocycles. The zero-order chi connectivity index (χ0) is 22.0. The molecular weight excluding hydrogens is 392 g/mol. The molecule has 10 heteroatoms. The SMILES string of the molecule is Cc1ccc(NC(=O)NC(=O)COC(=O)c2c(C)oc3ncn(C)c(=O)c23)cc1C. The number of hydrogen-bond donors (Lipinski definition) is 2. The Balaban J connectivity index is 1.63. The van der Waals surface area contributed by atoms with Crippen LogP contribution in [0.3, 0.4) is 0 Å². The van der Waals surface area contributed by atoms with E-state index in [-0.39, 0.29) is 22.4 Å². The van der Waals surface area contributed by atoms with Gasteiger partial charge in [0.2, 0.25) is 5.71 Å². The van der Waals surface area contributed by atoms with Gasteiger partial charge in [-0.2, -0.15) is 0 Å². The molecular formula is C20H20N4O6. The fourth-order valence-electron chi connectivity index (χ4n) is 2.78. The lowest BCUT2D eigenvalue weighted by Crippen LogP contribution is -2.37. The van der Waals surface area contributed by atoms with Crippen molar-refractivity contribution >= 4 is 34.7 Å². The van der Waals surface area contributed by atoms with E-state index in [4.69, 9.17) is 9.15 Å². The lowest BCUT2D eigenvalue weighted by molar-refractivity contribution is -0.123. The number of anilines is 1. The Morgan fingerprint density at radius 1 is 1.17 bits per heavy atom. The first-order valence-corrected chi connectivity index (χ1v) is 8.97. The summed E-state index contributed by atoms with van der Waals surface area (Å²) in [4.78, 5) is 52.6. The molecule has 0 spiro atoms. The van der Waals surface area contributed by atoms with Crippen molar-refractivity contribution in [1.29, 1.82) is 0 Å². The van der Waals surface area contributed by atoms with Gasteiger partial charge >= 0.3 is 12.0 Å². The van der Waals surface area contributed by atoms with Crippen LogP contribution in [0.2, 0.25) is 0 Å². The second-order valence-corrected chi connectivity index (χ2v) is 6.75. The van der Waals surface area contributed by atoms with Crippen LogP contribution in [-0.2, 0) is 16.6 Å². The van der Waals surface area contributed by atoms with Crippen molar-refractivity contribution in [3.63, 3.8) is 0 Å². The molecule has 2 aromatic heterocycles. The Bertz CT molecular complexity index is 1220. The third-order valence-electron chi connectivity index (χ3n) is 4.50. The van der Waals surface area contributed by atoms with Gasteiger partial charge in [-0.05, 0) is 44.0 Å². The maximum atomic E-state index is 12.4. The highest BCUT2D eigenvalue weighted by molar-refractivity contribution is 6.05. The van der Waals surface area contributed by atoms with Crippen molar-refractivity contribution in [3.8, 4) is 0 Å². The minimum Gasteiger partial charge on any atom is -0.452 e. The van der Waals surface area contributed by atoms with Gasteiger partial charge in [-0.15, -0.1) is 0 Å². The summed E-state index contributed by atoms with van der Waals surface area (Å²) in [6.07, 6.45) is 1.27. The number of amides is 3. The van der Waals surface area contributed by atoms with Crippen molar-refractivity contribution in [2.75, 3.05) is 11.9 Å². The molecule has 0 bridgehead atoms. The Hall–Kier alpha value is -3.95. The van der Waals surface area contributed by atoms with Gasteiger partial charge in [0.15, 0.2) is 6.61 Å². The summed E-state index contributed by atoms with van der Waals surface area (Å²) in [5.41, 5.74) is 1.98. The molecule has 0 fully saturated rings. The number of ether oxygens (including phenoxy) is 1. The Kier molecular flexibility index (Phi) is 5.67. The molecule has 0 aliphatic heterocycles. The van der Waals surface area contributed by atoms with Crippen molar-refractivity contribution in [2.45, 2.75) is 20.8 Å². The van der Waals surface area contributed by atoms with Gasteiger partial charge in [0.05, 0.1) is 0 Å². The number of fused-ring (bicyclic) bond motifs is 1. The number of imide groups is 1. The molecule has 0 saturated heterocycles. The van der Waals surface area contributed by atoms with Gasteiger partial charge in [-0.25, -0.2) is 14.6 Å². The molecule has 156 valence electrons. The first kappa shape index (κ1) is 20.8. The zero-order valence-electron chi connectivity index (χ0n) is 16.9. The fourth-order valence-corrected chi connectivity index (χ4v) is 2.78. The Morgan fingerprint density at radius 3 is 2.60 bits per heavy atom. The van der Waals surface area contributed by atoms with Crippen LogP contribution in [0.5, 0.6) is 0 Å². The van der Waals surface area contributed by atoms with E-state index in [9.17, 15) is 19.2 Å². The average molecular weight is 412 g/mol. The molecule has 10 nitrogen and oxygen atoms in total. The number of hydrogen-bond acceptors (Lipinski definition) is 7. The summed E-state index contributed by atoms with van der Waals surface area (Å²) in [6.45, 7) is 4.60. The minimum atomic E-state index is -0.930. The van der Waals surface area contributed by atoms with Crippen LogP contribution < -0.4 is 16.2 Å². The molecule has 0 atom stereocenters. The zero-order valence-corrected chi connectivity index (χ0v) is 16.9. The number of carbonyl (C=O) groups excluding carboxylic acids is 3. The maximum Gasteiger partial charge on any atom is 0.343 e. The van der Waals surface area contributed by atoms with E-state index in [1.54, 1.807) is 12.1 Å². The topological polar surface area (TPSA) is 133 Å². The van der Waals surface area contributed by atoms with Gasteiger partial charge in [0, 0.05) is 12.7 Å². The van der Waals surface area contributed by atoms with E-state index in [0.717, 1.165) is 11.1 Å². The van der Waals surface area contributed by atoms with Crippen molar-refractivity contribution in [1.82, 2.24) is 14.9 Å². The number of rotatable bonds is 4. The van der Waals surface area contributed by atoms with Crippen LogP contribution in [0.25, 0.3) is 11.1 Å². The number of furan rings is 1. The van der Waals surface area contributed by atoms with E-state index < -0.39 is 30.1 Å². The van der Waals surface area contributed by atoms with Crippen molar-refractivity contribution < 1.29 is 23.5 Å². The van der Waals surface area contributed by atoms with Crippen molar-refractivity contribution in [3.05, 3.63) is 57.3 Å². The van der Waals surface area contributed by atoms with Gasteiger partial charge in [-0.3, -0.25) is 14.9 Å². The molecule has 1 aromatic carbocycles. The minimum absolute atomic E-state index is 0.000212. The number of aryl methyl sites for hydroxylation is 4. The maximum absolute atomic E-state index is 12.4. The van der Waals surface area contributed by atoms with E-state index in [1.165, 1.54) is 24.9 Å². The largest absolute Gasteiger partial charge is 0.452 e. The molecule has 0 saturated carbocycles. The summed E-state index contributed by atoms with van der Waals surface area (Å²) in [5.74, 6) is -1.62. The number of urea groups is 1. The monoisotopic (exact) mass is 412 g/mol. The summed E-state index contributed by atoms with van der Waals surface area (Å²) < 4.78 is 11.5. The molecule has 3 aromatic rings. The van der Waals surface area contributed by atoms with Gasteiger partial charge in [0.1, 0.15) is 23.0 Å². The average Bonchev–Trinajstić information content (AvgIpc) is 3.02. The smallest absolute Gasteiger partial charge is 0.343 e. The molecule has 3 amide bonds. The van der Waals surface area contributed by atoms with E-state index in [2.05, 4.69) is 15.6 Å². The van der Waals surface area contributed by atoms with Crippen LogP contribution in [0, 0.1) is 20.8 Å². The van der Waals surface area contributed by atoms with Gasteiger partial charge < -0.3 is 19.0 Å². The first-order chi connectivity index (χ1) is 14.2. The highest BCUT2D eigenvalue weighted by atomic mass is 16.5. The van der Waals surface area contributed by atoms with E-state index >= 15 is 0 Å². The first-order valence-electron chi connectivity index (χ1n) is 8.97. The quantitative estimate of drug-likeness (QED) is 0.626. The number of nitrogens with zero attached hydrogens (tertiary/aromatic N) is 2. The number of carbonyl (C=O) groups is 3. The van der Waals surface area contributed by atoms with Crippen molar-refractivity contribution in [2.24, 2.45) is 7.05 Å². The van der Waals surface area contributed by atoms with Gasteiger partial charge in [-0.1, -0.05) is 6.07 Å². The lowest BCUT2D eigenvalue weighted by Gasteiger charge is -2.09. The number of benzene rings is 1.